The lowest BCUT2D eigenvalue weighted by molar-refractivity contribution is -0.576. The zero-order chi connectivity index (χ0) is 66.5. The van der Waals surface area contributed by atoms with Crippen LogP contribution >= 0.6 is 0 Å². The molecule has 12 heterocycles. The second-order valence-corrected chi connectivity index (χ2v) is 30.0. The van der Waals surface area contributed by atoms with E-state index in [4.69, 9.17) is 86.2 Å². The van der Waals surface area contributed by atoms with Crippen LogP contribution in [0, 0.1) is 71.0 Å². The van der Waals surface area contributed by atoms with Crippen molar-refractivity contribution in [2.24, 2.45) is 71.0 Å². The quantitative estimate of drug-likeness (QED) is 0.0355. The summed E-state index contributed by atoms with van der Waals surface area (Å²) in [5, 5.41) is 10.1. The van der Waals surface area contributed by atoms with Crippen molar-refractivity contribution < 1.29 is 115 Å². The molecule has 0 aromatic heterocycles. The van der Waals surface area contributed by atoms with Gasteiger partial charge in [0.25, 0.3) is 0 Å². The average Bonchev–Trinajstić information content (AvgIpc) is 1.31. The van der Waals surface area contributed by atoms with Crippen molar-refractivity contribution in [2.75, 3.05) is 65.7 Å². The summed E-state index contributed by atoms with van der Waals surface area (Å²) >= 11 is 0. The Balaban J connectivity index is 0.602. The Morgan fingerprint density at radius 1 is 0.404 bits per heavy atom. The number of carbonyl (C=O) groups excluding carboxylic acids is 5. The molecule has 3 spiro atoms. The summed E-state index contributed by atoms with van der Waals surface area (Å²) in [4.78, 5) is 107. The number of hydrogen-bond donors (Lipinski definition) is 1. The highest BCUT2D eigenvalue weighted by Crippen LogP contribution is 2.64. The molecule has 24 atom stereocenters. The van der Waals surface area contributed by atoms with Gasteiger partial charge in [-0.1, -0.05) is 48.1 Å². The number of aliphatic hydroxyl groups excluding tert-OH is 1. The minimum absolute atomic E-state index is 0.0160. The van der Waals surface area contributed by atoms with Crippen LogP contribution in [0.1, 0.15) is 178 Å². The summed E-state index contributed by atoms with van der Waals surface area (Å²) < 4.78 is 73.8. The van der Waals surface area contributed by atoms with Crippen LogP contribution in [0.25, 0.3) is 0 Å². The highest BCUT2D eigenvalue weighted by Gasteiger charge is 2.73. The number of allylic oxidation sites excluding steroid dienone is 1. The van der Waals surface area contributed by atoms with E-state index in [0.29, 0.717) is 62.4 Å². The summed E-state index contributed by atoms with van der Waals surface area (Å²) in [7, 11) is 0. The lowest BCUT2D eigenvalue weighted by Gasteiger charge is -2.60. The molecule has 6 bridgehead atoms. The predicted molar refractivity (Wildman–Crippen MR) is 323 cm³/mol. The Labute approximate surface area is 551 Å². The van der Waals surface area contributed by atoms with Crippen molar-refractivity contribution in [3.8, 4) is 0 Å². The number of fused-ring (bicyclic) bond motifs is 6. The highest BCUT2D eigenvalue weighted by molar-refractivity contribution is 5.78. The third-order valence-corrected chi connectivity index (χ3v) is 23.9. The predicted octanol–water partition coefficient (Wildman–Crippen LogP) is 7.79. The molecule has 94 heavy (non-hydrogen) atoms. The second kappa shape index (κ2) is 28.5. The molecule has 3 aliphatic carbocycles. The molecule has 1 N–H and O–H groups in total. The van der Waals surface area contributed by atoms with Gasteiger partial charge < -0.3 is 61.9 Å². The number of esters is 5. The molecule has 15 rings (SSSR count). The SMILES string of the molecule is C=C(CCC(=O)OCCN(CCO)CCN(CCOC(=O)CCC(=O)O[C@@H]1O[C@@H]2O[C@@]3(C)CC[C@H]4[C@H](C)CC[C@@H]([C@H]1C)[C@@]24OO3)CCOC(=O)CCC(=O)O[C@@H]1O[C@@H]2O[C@@]3(C)CC[C@H]4[C@H](C)CC[C@@H]([C@H]1C)[C@@]24OO3)O[C@@H]1O[C@@H]2O[C@@]3(C)CC[C@H]4[C@H](C)CC[C@@H]([C@H]1C)[C@@]24OO3. The number of aliphatic hydroxyl groups is 1. The Morgan fingerprint density at radius 3 is 1.07 bits per heavy atom. The maximum Gasteiger partial charge on any atom is 0.308 e. The molecule has 0 radical (unpaired) electrons. The Kier molecular flexibility index (Phi) is 21.3. The van der Waals surface area contributed by atoms with E-state index >= 15 is 0 Å². The molecule has 26 heteroatoms. The third-order valence-electron chi connectivity index (χ3n) is 23.9. The number of carbonyl (C=O) groups is 5. The van der Waals surface area contributed by atoms with E-state index in [1.807, 2.05) is 44.4 Å². The van der Waals surface area contributed by atoms with Gasteiger partial charge in [0, 0.05) is 100 Å². The van der Waals surface area contributed by atoms with Gasteiger partial charge in [-0.2, -0.15) is 0 Å². The van der Waals surface area contributed by atoms with Crippen LogP contribution < -0.4 is 0 Å². The van der Waals surface area contributed by atoms with Gasteiger partial charge in [-0.3, -0.25) is 33.8 Å². The fraction of sp³-hybridized carbons (Fsp3) is 0.897. The van der Waals surface area contributed by atoms with Crippen LogP contribution in [0.5, 0.6) is 0 Å². The molecule has 0 amide bonds. The zero-order valence-electron chi connectivity index (χ0n) is 56.6. The third kappa shape index (κ3) is 13.9. The van der Waals surface area contributed by atoms with Crippen molar-refractivity contribution in [3.05, 3.63) is 12.3 Å². The molecule has 0 unspecified atom stereocenters. The number of rotatable bonds is 27. The van der Waals surface area contributed by atoms with Gasteiger partial charge >= 0.3 is 29.8 Å². The van der Waals surface area contributed by atoms with Gasteiger partial charge in [0.1, 0.15) is 19.8 Å². The topological polar surface area (TPSA) is 278 Å². The van der Waals surface area contributed by atoms with Crippen LogP contribution in [0.3, 0.4) is 0 Å². The van der Waals surface area contributed by atoms with Gasteiger partial charge in [-0.15, -0.1) is 0 Å². The number of hydrogen-bond acceptors (Lipinski definition) is 26. The maximum atomic E-state index is 13.4. The summed E-state index contributed by atoms with van der Waals surface area (Å²) in [5.41, 5.74) is -2.37. The number of ether oxygens (including phenoxy) is 12. The van der Waals surface area contributed by atoms with Crippen LogP contribution in [0.15, 0.2) is 12.3 Å². The first-order valence-corrected chi connectivity index (χ1v) is 35.3. The molecule has 3 saturated carbocycles. The molecule has 15 fully saturated rings. The summed E-state index contributed by atoms with van der Waals surface area (Å²) in [6.07, 6.45) is 4.69. The van der Waals surface area contributed by atoms with Gasteiger partial charge in [0.15, 0.2) is 35.7 Å². The Bertz CT molecular complexity index is 2610. The van der Waals surface area contributed by atoms with E-state index in [1.165, 1.54) is 0 Å². The molecule has 12 aliphatic heterocycles. The van der Waals surface area contributed by atoms with Crippen molar-refractivity contribution in [3.63, 3.8) is 0 Å². The minimum Gasteiger partial charge on any atom is -0.469 e. The molecule has 26 nitrogen and oxygen atoms in total. The Hall–Kier alpha value is -3.71. The molecule has 12 saturated heterocycles. The van der Waals surface area contributed by atoms with Crippen molar-refractivity contribution in [1.82, 2.24) is 9.80 Å². The van der Waals surface area contributed by atoms with E-state index < -0.39 is 102 Å². The van der Waals surface area contributed by atoms with Gasteiger partial charge in [0.05, 0.1) is 44.5 Å². The lowest BCUT2D eigenvalue weighted by atomic mass is 9.58. The smallest absolute Gasteiger partial charge is 0.308 e. The molecule has 15 aliphatic rings. The molecule has 0 aromatic rings. The fourth-order valence-corrected chi connectivity index (χ4v) is 18.4. The molecule has 530 valence electrons. The van der Waals surface area contributed by atoms with Crippen molar-refractivity contribution in [1.29, 1.82) is 0 Å². The standard InChI is InChI=1S/C68H104N2O24/c1-39-11-15-49-43(5)57(83-60-66(49)46(39)23-26-63(8,86-60)89-92-66)80-42(4)14-18-52(72)77-36-32-69(31-35-71)29-30-70(33-37-78-53(73)19-21-55(75)81-58-44(6)50-16-12-40(2)47-24-27-64(9)87-61(84-58)67(47,50)93-90-64)34-38-79-54(74)20-22-56(76)82-59-45(7)51-17-13-41(3)48-25-28-65(10)88-62(85-59)68(48,51)94-91-65/h39-41,43-51,57-62,71H,4,11-38H2,1-3,5-10H3/t39-,40-,41-,43-,44-,45-,46+,47+,48+,49+,50+,51+,57-,58-,59-,60-,61-,62-,63-,64-,65-,66-,67-,68-/m1/s1. The van der Waals surface area contributed by atoms with Crippen LogP contribution in [0.4, 0.5) is 0 Å². The van der Waals surface area contributed by atoms with Crippen LogP contribution in [-0.2, 0) is 110 Å². The fourth-order valence-electron chi connectivity index (χ4n) is 18.4. The second-order valence-electron chi connectivity index (χ2n) is 30.0. The Morgan fingerprint density at radius 2 is 0.723 bits per heavy atom. The molecular formula is C68H104N2O24. The first-order valence-electron chi connectivity index (χ1n) is 35.3. The minimum atomic E-state index is -0.990. The summed E-state index contributed by atoms with van der Waals surface area (Å²) in [5.74, 6) is -4.35. The lowest BCUT2D eigenvalue weighted by Crippen LogP contribution is -2.70. The normalized spacial score (nSPS) is 43.8. The highest BCUT2D eigenvalue weighted by atomic mass is 17.3. The van der Waals surface area contributed by atoms with Crippen LogP contribution in [0.2, 0.25) is 0 Å². The van der Waals surface area contributed by atoms with Crippen LogP contribution in [-0.4, -0.2) is 182 Å². The van der Waals surface area contributed by atoms with Gasteiger partial charge in [-0.25, -0.2) is 29.3 Å². The van der Waals surface area contributed by atoms with E-state index in [0.717, 1.165) is 57.8 Å². The average molecular weight is 1330 g/mol. The van der Waals surface area contributed by atoms with Crippen molar-refractivity contribution >= 4 is 29.8 Å². The monoisotopic (exact) mass is 1330 g/mol. The largest absolute Gasteiger partial charge is 0.469 e. The molecular weight excluding hydrogens is 1230 g/mol. The van der Waals surface area contributed by atoms with Crippen molar-refractivity contribution in [2.45, 2.75) is 250 Å². The van der Waals surface area contributed by atoms with Gasteiger partial charge in [0.2, 0.25) is 36.2 Å². The number of nitrogens with zero attached hydrogens (tertiary/aromatic N) is 2. The van der Waals surface area contributed by atoms with E-state index in [2.05, 4.69) is 34.3 Å². The first kappa shape index (κ1) is 70.2. The van der Waals surface area contributed by atoms with Gasteiger partial charge in [-0.05, 0) is 114 Å². The maximum absolute atomic E-state index is 13.4. The zero-order valence-corrected chi connectivity index (χ0v) is 56.6. The summed E-state index contributed by atoms with van der Waals surface area (Å²) in [6, 6.07) is 0. The van der Waals surface area contributed by atoms with E-state index in [9.17, 15) is 29.1 Å². The van der Waals surface area contributed by atoms with E-state index in [1.54, 1.807) is 0 Å². The van der Waals surface area contributed by atoms with E-state index in [-0.39, 0.29) is 138 Å². The first-order chi connectivity index (χ1) is 44.9. The molecule has 0 aromatic carbocycles. The summed E-state index contributed by atoms with van der Waals surface area (Å²) in [6.45, 7) is 23.9.